The maximum atomic E-state index is 4.26. The van der Waals surface area contributed by atoms with Gasteiger partial charge in [0.05, 0.1) is 4.47 Å². The van der Waals surface area contributed by atoms with E-state index in [9.17, 15) is 0 Å². The number of hydrogen-bond acceptors (Lipinski definition) is 4. The van der Waals surface area contributed by atoms with Crippen LogP contribution in [-0.4, -0.2) is 25.8 Å². The molecule has 4 nitrogen and oxygen atoms in total. The summed E-state index contributed by atoms with van der Waals surface area (Å²) in [5, 5.41) is 8.94. The Hall–Kier alpha value is -0.620. The SMILES string of the molecule is CSc1ncc(Br)c2nnc(C)n12. The molecule has 68 valence electrons. The van der Waals surface area contributed by atoms with E-state index >= 15 is 0 Å². The van der Waals surface area contributed by atoms with Crippen LogP contribution in [0.4, 0.5) is 0 Å². The molecule has 0 aliphatic carbocycles. The predicted octanol–water partition coefficient (Wildman–Crippen LogP) is 1.92. The van der Waals surface area contributed by atoms with Gasteiger partial charge in [0.15, 0.2) is 10.8 Å². The van der Waals surface area contributed by atoms with Crippen LogP contribution in [0.15, 0.2) is 15.8 Å². The fraction of sp³-hybridized carbons (Fsp3) is 0.286. The maximum absolute atomic E-state index is 4.26. The van der Waals surface area contributed by atoms with Crippen molar-refractivity contribution < 1.29 is 0 Å². The summed E-state index contributed by atoms with van der Waals surface area (Å²) in [6.07, 6.45) is 3.73. The lowest BCUT2D eigenvalue weighted by Crippen LogP contribution is -1.96. The van der Waals surface area contributed by atoms with Crippen molar-refractivity contribution in [2.45, 2.75) is 12.1 Å². The Bertz CT molecular complexity index is 453. The molecule has 0 aromatic carbocycles. The van der Waals surface area contributed by atoms with Gasteiger partial charge in [-0.25, -0.2) is 4.98 Å². The van der Waals surface area contributed by atoms with Crippen molar-refractivity contribution in [3.63, 3.8) is 0 Å². The molecule has 0 saturated heterocycles. The second-order valence-electron chi connectivity index (χ2n) is 2.50. The molecule has 0 fully saturated rings. The number of nitrogens with zero attached hydrogens (tertiary/aromatic N) is 4. The van der Waals surface area contributed by atoms with Crippen LogP contribution in [0, 0.1) is 6.92 Å². The van der Waals surface area contributed by atoms with Crippen molar-refractivity contribution >= 4 is 33.3 Å². The molecule has 2 aromatic rings. The molecular formula is C7H7BrN4S. The van der Waals surface area contributed by atoms with Gasteiger partial charge in [-0.2, -0.15) is 0 Å². The fourth-order valence-electron chi connectivity index (χ4n) is 1.12. The van der Waals surface area contributed by atoms with E-state index in [-0.39, 0.29) is 0 Å². The van der Waals surface area contributed by atoms with E-state index < -0.39 is 0 Å². The summed E-state index contributed by atoms with van der Waals surface area (Å²) < 4.78 is 2.79. The van der Waals surface area contributed by atoms with Crippen LogP contribution in [0.3, 0.4) is 0 Å². The van der Waals surface area contributed by atoms with Crippen LogP contribution < -0.4 is 0 Å². The second kappa shape index (κ2) is 3.26. The van der Waals surface area contributed by atoms with E-state index in [1.54, 1.807) is 18.0 Å². The lowest BCUT2D eigenvalue weighted by atomic mass is 10.6. The highest BCUT2D eigenvalue weighted by molar-refractivity contribution is 9.10. The first-order valence-corrected chi connectivity index (χ1v) is 5.66. The average molecular weight is 259 g/mol. The molecule has 0 amide bonds. The van der Waals surface area contributed by atoms with Crippen molar-refractivity contribution in [3.8, 4) is 0 Å². The largest absolute Gasteiger partial charge is 0.257 e. The highest BCUT2D eigenvalue weighted by atomic mass is 79.9. The third-order valence-corrected chi connectivity index (χ3v) is 2.91. The second-order valence-corrected chi connectivity index (χ2v) is 4.13. The van der Waals surface area contributed by atoms with E-state index in [2.05, 4.69) is 31.1 Å². The van der Waals surface area contributed by atoms with Crippen LogP contribution in [0.2, 0.25) is 0 Å². The van der Waals surface area contributed by atoms with Gasteiger partial charge in [-0.15, -0.1) is 10.2 Å². The van der Waals surface area contributed by atoms with Gasteiger partial charge in [0.25, 0.3) is 0 Å². The smallest absolute Gasteiger partial charge is 0.178 e. The van der Waals surface area contributed by atoms with E-state index in [1.807, 2.05) is 17.6 Å². The molecule has 0 bridgehead atoms. The zero-order valence-corrected chi connectivity index (χ0v) is 9.55. The van der Waals surface area contributed by atoms with Gasteiger partial charge in [0.2, 0.25) is 0 Å². The number of rotatable bonds is 1. The number of aryl methyl sites for hydroxylation is 1. The van der Waals surface area contributed by atoms with E-state index in [0.29, 0.717) is 0 Å². The minimum absolute atomic E-state index is 0.817. The normalized spacial score (nSPS) is 11.0. The number of halogens is 1. The standard InChI is InChI=1S/C7H7BrN4S/c1-4-10-11-6-5(8)3-9-7(13-2)12(4)6/h3H,1-2H3. The Balaban J connectivity index is 2.88. The van der Waals surface area contributed by atoms with Crippen LogP contribution in [0.5, 0.6) is 0 Å². The third kappa shape index (κ3) is 1.34. The quantitative estimate of drug-likeness (QED) is 0.579. The average Bonchev–Trinajstić information content (AvgIpc) is 2.51. The summed E-state index contributed by atoms with van der Waals surface area (Å²) in [6.45, 7) is 1.91. The predicted molar refractivity (Wildman–Crippen MR) is 55.0 cm³/mol. The molecule has 0 unspecified atom stereocenters. The van der Waals surface area contributed by atoms with Gasteiger partial charge in [-0.1, -0.05) is 11.8 Å². The van der Waals surface area contributed by atoms with E-state index in [1.165, 1.54) is 0 Å². The number of aromatic nitrogens is 4. The van der Waals surface area contributed by atoms with Gasteiger partial charge in [-0.3, -0.25) is 4.40 Å². The third-order valence-electron chi connectivity index (χ3n) is 1.70. The molecule has 2 rings (SSSR count). The lowest BCUT2D eigenvalue weighted by molar-refractivity contribution is 0.858. The van der Waals surface area contributed by atoms with Crippen molar-refractivity contribution in [1.29, 1.82) is 0 Å². The lowest BCUT2D eigenvalue weighted by Gasteiger charge is -2.01. The van der Waals surface area contributed by atoms with E-state index in [0.717, 1.165) is 21.1 Å². The molecule has 0 spiro atoms. The van der Waals surface area contributed by atoms with Crippen LogP contribution in [0.1, 0.15) is 5.82 Å². The van der Waals surface area contributed by atoms with Crippen molar-refractivity contribution in [2.24, 2.45) is 0 Å². The number of thioether (sulfide) groups is 1. The summed E-state index contributed by atoms with van der Waals surface area (Å²) >= 11 is 4.96. The topological polar surface area (TPSA) is 43.1 Å². The minimum Gasteiger partial charge on any atom is -0.257 e. The van der Waals surface area contributed by atoms with Gasteiger partial charge in [0, 0.05) is 6.20 Å². The fourth-order valence-corrected chi connectivity index (χ4v) is 2.04. The van der Waals surface area contributed by atoms with Gasteiger partial charge in [-0.05, 0) is 29.1 Å². The molecule has 0 saturated carbocycles. The first kappa shape index (κ1) is 8.96. The molecule has 0 aliphatic rings. The van der Waals surface area contributed by atoms with Crippen molar-refractivity contribution in [3.05, 3.63) is 16.5 Å². The summed E-state index contributed by atoms with van der Waals surface area (Å²) in [5.41, 5.74) is 0.817. The molecule has 0 atom stereocenters. The Morgan fingerprint density at radius 2 is 2.23 bits per heavy atom. The molecule has 0 N–H and O–H groups in total. The molecule has 0 radical (unpaired) electrons. The summed E-state index contributed by atoms with van der Waals surface area (Å²) in [7, 11) is 0. The van der Waals surface area contributed by atoms with Crippen LogP contribution >= 0.6 is 27.7 Å². The molecule has 0 aliphatic heterocycles. The first-order chi connectivity index (χ1) is 6.24. The maximum Gasteiger partial charge on any atom is 0.178 e. The zero-order valence-electron chi connectivity index (χ0n) is 7.15. The van der Waals surface area contributed by atoms with Crippen molar-refractivity contribution in [1.82, 2.24) is 19.6 Å². The Morgan fingerprint density at radius 1 is 1.46 bits per heavy atom. The first-order valence-electron chi connectivity index (χ1n) is 3.64. The molecule has 6 heteroatoms. The monoisotopic (exact) mass is 258 g/mol. The number of hydrogen-bond donors (Lipinski definition) is 0. The molecule has 2 heterocycles. The van der Waals surface area contributed by atoms with Crippen LogP contribution in [0.25, 0.3) is 5.65 Å². The van der Waals surface area contributed by atoms with Gasteiger partial charge < -0.3 is 0 Å². The summed E-state index contributed by atoms with van der Waals surface area (Å²) in [5.74, 6) is 0.855. The Kier molecular flexibility index (Phi) is 2.25. The highest BCUT2D eigenvalue weighted by Crippen LogP contribution is 2.21. The van der Waals surface area contributed by atoms with Crippen LogP contribution in [-0.2, 0) is 0 Å². The van der Waals surface area contributed by atoms with Gasteiger partial charge >= 0.3 is 0 Å². The minimum atomic E-state index is 0.817. The molecule has 13 heavy (non-hydrogen) atoms. The zero-order chi connectivity index (χ0) is 9.42. The molecule has 2 aromatic heterocycles. The highest BCUT2D eigenvalue weighted by Gasteiger charge is 2.09. The Morgan fingerprint density at radius 3 is 2.92 bits per heavy atom. The van der Waals surface area contributed by atoms with Crippen molar-refractivity contribution in [2.75, 3.05) is 6.26 Å². The van der Waals surface area contributed by atoms with Gasteiger partial charge in [0.1, 0.15) is 5.82 Å². The van der Waals surface area contributed by atoms with E-state index in [4.69, 9.17) is 0 Å². The summed E-state index contributed by atoms with van der Waals surface area (Å²) in [6, 6.07) is 0. The Labute approximate surface area is 87.9 Å². The number of fused-ring (bicyclic) bond motifs is 1. The molecular weight excluding hydrogens is 252 g/mol. The summed E-state index contributed by atoms with van der Waals surface area (Å²) in [4.78, 5) is 4.26.